The number of rotatable bonds is 6. The Bertz CT molecular complexity index is 640. The predicted octanol–water partition coefficient (Wildman–Crippen LogP) is 0.589. The van der Waals surface area contributed by atoms with E-state index < -0.39 is 10.8 Å². The van der Waals surface area contributed by atoms with Gasteiger partial charge in [-0.05, 0) is 18.6 Å². The van der Waals surface area contributed by atoms with E-state index in [0.717, 1.165) is 6.20 Å². The van der Waals surface area contributed by atoms with Crippen molar-refractivity contribution < 1.29 is 9.72 Å². The molecule has 0 atom stereocenters. The summed E-state index contributed by atoms with van der Waals surface area (Å²) in [5.41, 5.74) is 5.00. The standard InChI is InChI=1S/C12H14N6O3/c13-11-7-9(10(8-15-11)18(20)21)12(19)14-3-1-5-17-6-2-4-16-17/h2,4,6-8H,1,3,5H2,(H2,13,15)(H,14,19). The van der Waals surface area contributed by atoms with E-state index in [0.29, 0.717) is 19.5 Å². The molecule has 0 radical (unpaired) electrons. The summed E-state index contributed by atoms with van der Waals surface area (Å²) < 4.78 is 1.74. The summed E-state index contributed by atoms with van der Waals surface area (Å²) in [4.78, 5) is 25.8. The Kier molecular flexibility index (Phi) is 4.44. The van der Waals surface area contributed by atoms with Gasteiger partial charge in [0.05, 0.1) is 4.92 Å². The molecule has 0 aliphatic carbocycles. The third-order valence-corrected chi connectivity index (χ3v) is 2.75. The van der Waals surface area contributed by atoms with Crippen LogP contribution in [0.5, 0.6) is 0 Å². The van der Waals surface area contributed by atoms with Crippen molar-refractivity contribution in [2.24, 2.45) is 0 Å². The molecular weight excluding hydrogens is 276 g/mol. The maximum atomic E-state index is 12.0. The van der Waals surface area contributed by atoms with Crippen molar-refractivity contribution in [1.82, 2.24) is 20.1 Å². The van der Waals surface area contributed by atoms with Crippen LogP contribution in [0.15, 0.2) is 30.7 Å². The number of hydrogen-bond acceptors (Lipinski definition) is 6. The van der Waals surface area contributed by atoms with Gasteiger partial charge in [0.15, 0.2) is 0 Å². The smallest absolute Gasteiger partial charge is 0.300 e. The molecule has 0 unspecified atom stereocenters. The second-order valence-corrected chi connectivity index (χ2v) is 4.26. The van der Waals surface area contributed by atoms with Gasteiger partial charge in [-0.3, -0.25) is 19.6 Å². The fourth-order valence-corrected chi connectivity index (χ4v) is 1.76. The van der Waals surface area contributed by atoms with E-state index in [1.165, 1.54) is 6.07 Å². The Morgan fingerprint density at radius 3 is 3.00 bits per heavy atom. The number of aromatic nitrogens is 3. The van der Waals surface area contributed by atoms with Crippen LogP contribution < -0.4 is 11.1 Å². The van der Waals surface area contributed by atoms with Gasteiger partial charge in [0.1, 0.15) is 17.6 Å². The Labute approximate surface area is 119 Å². The molecule has 0 aromatic carbocycles. The van der Waals surface area contributed by atoms with Crippen molar-refractivity contribution in [1.29, 1.82) is 0 Å². The number of hydrogen-bond donors (Lipinski definition) is 2. The summed E-state index contributed by atoms with van der Waals surface area (Å²) in [6.45, 7) is 1.02. The van der Waals surface area contributed by atoms with E-state index in [1.54, 1.807) is 10.9 Å². The van der Waals surface area contributed by atoms with Gasteiger partial charge in [0, 0.05) is 25.5 Å². The number of nitrogen functional groups attached to an aromatic ring is 1. The number of nitrogens with two attached hydrogens (primary N) is 1. The van der Waals surface area contributed by atoms with Gasteiger partial charge in [-0.1, -0.05) is 0 Å². The van der Waals surface area contributed by atoms with E-state index >= 15 is 0 Å². The molecule has 3 N–H and O–H groups in total. The Balaban J connectivity index is 1.93. The summed E-state index contributed by atoms with van der Waals surface area (Å²) in [6.07, 6.45) is 5.12. The molecule has 2 aromatic rings. The summed E-state index contributed by atoms with van der Waals surface area (Å²) in [6, 6.07) is 3.00. The molecule has 110 valence electrons. The minimum absolute atomic E-state index is 0.0577. The highest BCUT2D eigenvalue weighted by Gasteiger charge is 2.20. The van der Waals surface area contributed by atoms with Crippen molar-refractivity contribution in [3.8, 4) is 0 Å². The van der Waals surface area contributed by atoms with Crippen LogP contribution in [-0.4, -0.2) is 32.1 Å². The molecule has 0 fully saturated rings. The molecule has 2 heterocycles. The summed E-state index contributed by atoms with van der Waals surface area (Å²) in [7, 11) is 0. The largest absolute Gasteiger partial charge is 0.384 e. The molecular formula is C12H14N6O3. The number of pyridine rings is 1. The molecule has 0 saturated heterocycles. The number of anilines is 1. The number of carbonyl (C=O) groups excluding carboxylic acids is 1. The summed E-state index contributed by atoms with van der Waals surface area (Å²) in [5, 5.41) is 17.5. The van der Waals surface area contributed by atoms with Gasteiger partial charge in [-0.15, -0.1) is 0 Å². The molecule has 0 aliphatic rings. The lowest BCUT2D eigenvalue weighted by molar-refractivity contribution is -0.385. The first-order valence-electron chi connectivity index (χ1n) is 6.23. The number of nitro groups is 1. The van der Waals surface area contributed by atoms with E-state index in [2.05, 4.69) is 15.4 Å². The molecule has 0 spiro atoms. The summed E-state index contributed by atoms with van der Waals surface area (Å²) >= 11 is 0. The number of nitrogens with one attached hydrogen (secondary N) is 1. The van der Waals surface area contributed by atoms with E-state index in [9.17, 15) is 14.9 Å². The predicted molar refractivity (Wildman–Crippen MR) is 74.5 cm³/mol. The third kappa shape index (κ3) is 3.75. The number of aryl methyl sites for hydroxylation is 1. The normalized spacial score (nSPS) is 10.3. The maximum Gasteiger partial charge on any atom is 0.300 e. The number of amides is 1. The molecule has 9 heteroatoms. The van der Waals surface area contributed by atoms with Gasteiger partial charge in [-0.25, -0.2) is 4.98 Å². The lowest BCUT2D eigenvalue weighted by Gasteiger charge is -2.06. The first-order valence-corrected chi connectivity index (χ1v) is 6.23. The van der Waals surface area contributed by atoms with Crippen LogP contribution in [0.4, 0.5) is 11.5 Å². The van der Waals surface area contributed by atoms with Crippen LogP contribution >= 0.6 is 0 Å². The first-order chi connectivity index (χ1) is 10.1. The maximum absolute atomic E-state index is 12.0. The lowest BCUT2D eigenvalue weighted by atomic mass is 10.2. The molecule has 0 aliphatic heterocycles. The highest BCUT2D eigenvalue weighted by molar-refractivity contribution is 5.98. The molecule has 21 heavy (non-hydrogen) atoms. The first kappa shape index (κ1) is 14.4. The van der Waals surface area contributed by atoms with Gasteiger partial charge >= 0.3 is 0 Å². The van der Waals surface area contributed by atoms with Crippen LogP contribution in [0.2, 0.25) is 0 Å². The van der Waals surface area contributed by atoms with Crippen LogP contribution in [0.1, 0.15) is 16.8 Å². The van der Waals surface area contributed by atoms with Crippen LogP contribution in [-0.2, 0) is 6.54 Å². The SMILES string of the molecule is Nc1cc(C(=O)NCCCn2cccn2)c([N+](=O)[O-])cn1. The second kappa shape index (κ2) is 6.46. The van der Waals surface area contributed by atoms with Gasteiger partial charge in [0.25, 0.3) is 11.6 Å². The monoisotopic (exact) mass is 290 g/mol. The topological polar surface area (TPSA) is 129 Å². The van der Waals surface area contributed by atoms with Gasteiger partial charge < -0.3 is 11.1 Å². The van der Waals surface area contributed by atoms with E-state index in [-0.39, 0.29) is 17.1 Å². The van der Waals surface area contributed by atoms with Crippen LogP contribution in [0.25, 0.3) is 0 Å². The second-order valence-electron chi connectivity index (χ2n) is 4.26. The van der Waals surface area contributed by atoms with Crippen molar-refractivity contribution in [3.63, 3.8) is 0 Å². The minimum Gasteiger partial charge on any atom is -0.384 e. The quantitative estimate of drug-likeness (QED) is 0.455. The lowest BCUT2D eigenvalue weighted by Crippen LogP contribution is -2.26. The zero-order chi connectivity index (χ0) is 15.2. The molecule has 1 amide bonds. The molecule has 9 nitrogen and oxygen atoms in total. The van der Waals surface area contributed by atoms with Gasteiger partial charge in [0.2, 0.25) is 0 Å². The van der Waals surface area contributed by atoms with E-state index in [1.807, 2.05) is 12.3 Å². The Morgan fingerprint density at radius 1 is 1.52 bits per heavy atom. The zero-order valence-corrected chi connectivity index (χ0v) is 11.1. The third-order valence-electron chi connectivity index (χ3n) is 2.75. The van der Waals surface area contributed by atoms with Crippen molar-refractivity contribution >= 4 is 17.4 Å². The van der Waals surface area contributed by atoms with Gasteiger partial charge in [-0.2, -0.15) is 5.10 Å². The Hall–Kier alpha value is -2.97. The summed E-state index contributed by atoms with van der Waals surface area (Å²) in [5.74, 6) is -0.487. The molecule has 0 saturated carbocycles. The fourth-order valence-electron chi connectivity index (χ4n) is 1.76. The fraction of sp³-hybridized carbons (Fsp3) is 0.250. The minimum atomic E-state index is -0.662. The number of nitrogens with zero attached hydrogens (tertiary/aromatic N) is 4. The molecule has 2 aromatic heterocycles. The highest BCUT2D eigenvalue weighted by Crippen LogP contribution is 2.18. The Morgan fingerprint density at radius 2 is 2.33 bits per heavy atom. The van der Waals surface area contributed by atoms with Crippen molar-refractivity contribution in [2.75, 3.05) is 12.3 Å². The average molecular weight is 290 g/mol. The highest BCUT2D eigenvalue weighted by atomic mass is 16.6. The average Bonchev–Trinajstić information content (AvgIpc) is 2.96. The number of carbonyl (C=O) groups is 1. The van der Waals surface area contributed by atoms with Crippen LogP contribution in [0.3, 0.4) is 0 Å². The molecule has 2 rings (SSSR count). The van der Waals surface area contributed by atoms with Crippen molar-refractivity contribution in [3.05, 3.63) is 46.4 Å². The molecule has 0 bridgehead atoms. The zero-order valence-electron chi connectivity index (χ0n) is 11.1. The van der Waals surface area contributed by atoms with E-state index in [4.69, 9.17) is 5.73 Å². The van der Waals surface area contributed by atoms with Crippen LogP contribution in [0, 0.1) is 10.1 Å². The van der Waals surface area contributed by atoms with Crippen molar-refractivity contribution in [2.45, 2.75) is 13.0 Å².